The molecule has 4 N–H and O–H groups in total. The minimum Gasteiger partial charge on any atom is -0.373 e. The van der Waals surface area contributed by atoms with Crippen LogP contribution in [0.4, 0.5) is 0 Å². The molecule has 1 fully saturated rings. The SMILES string of the molecule is CC(C)(C)C1CCC(CN)(OCCC(N)=O)CC1. The molecular weight excluding hydrogens is 228 g/mol. The Morgan fingerprint density at radius 1 is 1.33 bits per heavy atom. The number of nitrogens with two attached hydrogens (primary N) is 2. The molecule has 4 nitrogen and oxygen atoms in total. The number of primary amides is 1. The molecule has 0 heterocycles. The Bertz CT molecular complexity index is 276. The molecular formula is C14H28N2O2. The predicted octanol–water partition coefficient (Wildman–Crippen LogP) is 1.81. The molecule has 18 heavy (non-hydrogen) atoms. The maximum absolute atomic E-state index is 10.7. The van der Waals surface area contributed by atoms with E-state index < -0.39 is 0 Å². The van der Waals surface area contributed by atoms with Crippen molar-refractivity contribution in [3.8, 4) is 0 Å². The van der Waals surface area contributed by atoms with Gasteiger partial charge >= 0.3 is 0 Å². The first kappa shape index (κ1) is 15.4. The average molecular weight is 256 g/mol. The first-order valence-electron chi connectivity index (χ1n) is 6.91. The fourth-order valence-electron chi connectivity index (χ4n) is 2.79. The van der Waals surface area contributed by atoms with Crippen molar-refractivity contribution in [2.24, 2.45) is 22.8 Å². The third-order valence-electron chi connectivity index (χ3n) is 4.25. The van der Waals surface area contributed by atoms with Crippen molar-refractivity contribution in [1.82, 2.24) is 0 Å². The molecule has 0 spiro atoms. The Balaban J connectivity index is 2.47. The summed E-state index contributed by atoms with van der Waals surface area (Å²) in [6.45, 7) is 7.80. The fourth-order valence-corrected chi connectivity index (χ4v) is 2.79. The van der Waals surface area contributed by atoms with E-state index in [0.29, 0.717) is 18.6 Å². The van der Waals surface area contributed by atoms with Crippen LogP contribution in [0.3, 0.4) is 0 Å². The lowest BCUT2D eigenvalue weighted by atomic mass is 9.68. The molecule has 0 aromatic rings. The summed E-state index contributed by atoms with van der Waals surface area (Å²) >= 11 is 0. The topological polar surface area (TPSA) is 78.3 Å². The Morgan fingerprint density at radius 3 is 2.28 bits per heavy atom. The molecule has 0 bridgehead atoms. The molecule has 1 rings (SSSR count). The normalized spacial score (nSPS) is 29.2. The Kier molecular flexibility index (Phi) is 5.17. The molecule has 106 valence electrons. The Hall–Kier alpha value is -0.610. The van der Waals surface area contributed by atoms with Crippen LogP contribution >= 0.6 is 0 Å². The lowest BCUT2D eigenvalue weighted by Crippen LogP contribution is -2.46. The summed E-state index contributed by atoms with van der Waals surface area (Å²) in [6, 6.07) is 0. The first-order chi connectivity index (χ1) is 8.29. The number of carbonyl (C=O) groups excluding carboxylic acids is 1. The lowest BCUT2D eigenvalue weighted by molar-refractivity contribution is -0.122. The van der Waals surface area contributed by atoms with E-state index in [1.54, 1.807) is 0 Å². The van der Waals surface area contributed by atoms with Crippen LogP contribution < -0.4 is 11.5 Å². The zero-order valence-corrected chi connectivity index (χ0v) is 12.0. The van der Waals surface area contributed by atoms with E-state index in [1.165, 1.54) is 0 Å². The molecule has 1 saturated carbocycles. The second-order valence-electron chi connectivity index (χ2n) is 6.59. The summed E-state index contributed by atoms with van der Waals surface area (Å²) in [5.74, 6) is 0.419. The molecule has 0 aromatic carbocycles. The van der Waals surface area contributed by atoms with Gasteiger partial charge in [-0.1, -0.05) is 20.8 Å². The number of carbonyl (C=O) groups is 1. The highest BCUT2D eigenvalue weighted by Crippen LogP contribution is 2.42. The summed E-state index contributed by atoms with van der Waals surface area (Å²) in [5, 5.41) is 0. The van der Waals surface area contributed by atoms with Gasteiger partial charge in [-0.05, 0) is 37.0 Å². The molecule has 0 saturated heterocycles. The van der Waals surface area contributed by atoms with E-state index in [9.17, 15) is 4.79 Å². The van der Waals surface area contributed by atoms with Crippen molar-refractivity contribution in [3.05, 3.63) is 0 Å². The van der Waals surface area contributed by atoms with E-state index in [2.05, 4.69) is 20.8 Å². The highest BCUT2D eigenvalue weighted by molar-refractivity contribution is 5.73. The van der Waals surface area contributed by atoms with Gasteiger partial charge in [0.05, 0.1) is 12.2 Å². The zero-order valence-electron chi connectivity index (χ0n) is 12.0. The van der Waals surface area contributed by atoms with Crippen LogP contribution in [-0.2, 0) is 9.53 Å². The third-order valence-corrected chi connectivity index (χ3v) is 4.25. The van der Waals surface area contributed by atoms with Gasteiger partial charge in [0.25, 0.3) is 0 Å². The van der Waals surface area contributed by atoms with Crippen molar-refractivity contribution in [3.63, 3.8) is 0 Å². The van der Waals surface area contributed by atoms with Crippen molar-refractivity contribution in [2.45, 2.75) is 58.5 Å². The van der Waals surface area contributed by atoms with Gasteiger partial charge in [-0.3, -0.25) is 4.79 Å². The summed E-state index contributed by atoms with van der Waals surface area (Å²) in [4.78, 5) is 10.7. The van der Waals surface area contributed by atoms with Gasteiger partial charge in [-0.2, -0.15) is 0 Å². The van der Waals surface area contributed by atoms with Gasteiger partial charge in [0.15, 0.2) is 0 Å². The van der Waals surface area contributed by atoms with Gasteiger partial charge in [0, 0.05) is 13.0 Å². The molecule has 1 amide bonds. The first-order valence-corrected chi connectivity index (χ1v) is 6.91. The van der Waals surface area contributed by atoms with Crippen molar-refractivity contribution in [1.29, 1.82) is 0 Å². The van der Waals surface area contributed by atoms with Crippen LogP contribution in [0.2, 0.25) is 0 Å². The van der Waals surface area contributed by atoms with E-state index >= 15 is 0 Å². The quantitative estimate of drug-likeness (QED) is 0.787. The minimum atomic E-state index is -0.314. The molecule has 4 heteroatoms. The predicted molar refractivity (Wildman–Crippen MR) is 73.0 cm³/mol. The van der Waals surface area contributed by atoms with Crippen LogP contribution in [0, 0.1) is 11.3 Å². The van der Waals surface area contributed by atoms with E-state index in [0.717, 1.165) is 31.6 Å². The number of rotatable bonds is 5. The zero-order chi connectivity index (χ0) is 13.8. The Labute approximate surface area is 110 Å². The number of amides is 1. The number of hydrogen-bond donors (Lipinski definition) is 2. The summed E-state index contributed by atoms with van der Waals surface area (Å²) in [6.07, 6.45) is 4.56. The molecule has 1 aliphatic carbocycles. The number of hydrogen-bond acceptors (Lipinski definition) is 3. The van der Waals surface area contributed by atoms with Gasteiger partial charge in [-0.25, -0.2) is 0 Å². The largest absolute Gasteiger partial charge is 0.373 e. The monoisotopic (exact) mass is 256 g/mol. The lowest BCUT2D eigenvalue weighted by Gasteiger charge is -2.43. The molecule has 1 aliphatic rings. The molecule has 0 aromatic heterocycles. The van der Waals surface area contributed by atoms with Crippen molar-refractivity contribution in [2.75, 3.05) is 13.2 Å². The third kappa shape index (κ3) is 4.25. The molecule has 0 aliphatic heterocycles. The van der Waals surface area contributed by atoms with Gasteiger partial charge < -0.3 is 16.2 Å². The second-order valence-corrected chi connectivity index (χ2v) is 6.59. The van der Waals surface area contributed by atoms with Gasteiger partial charge in [0.1, 0.15) is 0 Å². The Morgan fingerprint density at radius 2 is 1.89 bits per heavy atom. The summed E-state index contributed by atoms with van der Waals surface area (Å²) in [5.41, 5.74) is 11.1. The smallest absolute Gasteiger partial charge is 0.219 e. The maximum atomic E-state index is 10.7. The van der Waals surface area contributed by atoms with Crippen LogP contribution in [0.15, 0.2) is 0 Å². The molecule has 0 unspecified atom stereocenters. The number of ether oxygens (including phenoxy) is 1. The second kappa shape index (κ2) is 6.02. The highest BCUT2D eigenvalue weighted by Gasteiger charge is 2.38. The van der Waals surface area contributed by atoms with E-state index in [-0.39, 0.29) is 17.9 Å². The maximum Gasteiger partial charge on any atom is 0.219 e. The van der Waals surface area contributed by atoms with Crippen LogP contribution in [0.1, 0.15) is 52.9 Å². The molecule has 0 radical (unpaired) electrons. The van der Waals surface area contributed by atoms with Crippen LogP contribution in [0.5, 0.6) is 0 Å². The van der Waals surface area contributed by atoms with Crippen molar-refractivity contribution < 1.29 is 9.53 Å². The van der Waals surface area contributed by atoms with E-state index in [4.69, 9.17) is 16.2 Å². The van der Waals surface area contributed by atoms with Crippen molar-refractivity contribution >= 4 is 5.91 Å². The van der Waals surface area contributed by atoms with Crippen LogP contribution in [0.25, 0.3) is 0 Å². The highest BCUT2D eigenvalue weighted by atomic mass is 16.5. The fraction of sp³-hybridized carbons (Fsp3) is 0.929. The molecule has 0 atom stereocenters. The summed E-state index contributed by atoms with van der Waals surface area (Å²) < 4.78 is 5.87. The van der Waals surface area contributed by atoms with Gasteiger partial charge in [-0.15, -0.1) is 0 Å². The average Bonchev–Trinajstić information content (AvgIpc) is 2.28. The van der Waals surface area contributed by atoms with Gasteiger partial charge in [0.2, 0.25) is 5.91 Å². The minimum absolute atomic E-state index is 0.225. The standard InChI is InChI=1S/C14H28N2O2/c1-13(2,3)11-4-7-14(10-15,8-5-11)18-9-6-12(16)17/h11H,4-10,15H2,1-3H3,(H2,16,17). The van der Waals surface area contributed by atoms with Crippen LogP contribution in [-0.4, -0.2) is 24.7 Å². The summed E-state index contributed by atoms with van der Waals surface area (Å²) in [7, 11) is 0. The van der Waals surface area contributed by atoms with E-state index in [1.807, 2.05) is 0 Å².